The highest BCUT2D eigenvalue weighted by atomic mass is 16.5. The largest absolute Gasteiger partial charge is 0.337 e. The van der Waals surface area contributed by atoms with Crippen molar-refractivity contribution < 1.29 is 20.0 Å². The Morgan fingerprint density at radius 1 is 0.867 bits per heavy atom. The molecule has 84 valence electrons. The van der Waals surface area contributed by atoms with Gasteiger partial charge in [0.05, 0.1) is 12.1 Å². The molecule has 2 atom stereocenters. The second-order valence-corrected chi connectivity index (χ2v) is 4.07. The smallest absolute Gasteiger partial charge is 0.285 e. The first kappa shape index (κ1) is 10.4. The van der Waals surface area contributed by atoms with Crippen molar-refractivity contribution in [1.29, 1.82) is 0 Å². The summed E-state index contributed by atoms with van der Waals surface area (Å²) in [4.78, 5) is 22.5. The molecular weight excluding hydrogens is 200 g/mol. The van der Waals surface area contributed by atoms with Crippen molar-refractivity contribution in [2.45, 2.75) is 44.2 Å². The predicted molar refractivity (Wildman–Crippen MR) is 47.9 cm³/mol. The Kier molecular flexibility index (Phi) is 2.62. The van der Waals surface area contributed by atoms with Crippen LogP contribution in [0.2, 0.25) is 0 Å². The van der Waals surface area contributed by atoms with E-state index in [9.17, 15) is 20.0 Å². The van der Waals surface area contributed by atoms with Gasteiger partial charge in [-0.15, -0.1) is 0 Å². The summed E-state index contributed by atoms with van der Waals surface area (Å²) in [6, 6.07) is -0.912. The minimum absolute atomic E-state index is 0.456. The van der Waals surface area contributed by atoms with Crippen molar-refractivity contribution >= 4 is 11.8 Å². The summed E-state index contributed by atoms with van der Waals surface area (Å²) < 4.78 is 0. The number of piperazine rings is 1. The van der Waals surface area contributed by atoms with Gasteiger partial charge in [0.15, 0.2) is 0 Å². The van der Waals surface area contributed by atoms with Crippen LogP contribution in [0, 0.1) is 0 Å². The molecule has 15 heavy (non-hydrogen) atoms. The molecule has 1 aliphatic carbocycles. The Balaban J connectivity index is 2.25. The second kappa shape index (κ2) is 3.79. The fourth-order valence-corrected chi connectivity index (χ4v) is 2.34. The topological polar surface area (TPSA) is 81.1 Å². The average Bonchev–Trinajstić information content (AvgIpc) is 2.48. The van der Waals surface area contributed by atoms with Crippen molar-refractivity contribution in [3.05, 3.63) is 0 Å². The van der Waals surface area contributed by atoms with Crippen LogP contribution in [-0.2, 0) is 9.59 Å². The number of amides is 2. The third-order valence-electron chi connectivity index (χ3n) is 3.17. The minimum Gasteiger partial charge on any atom is -0.285 e. The summed E-state index contributed by atoms with van der Waals surface area (Å²) in [7, 11) is 0. The van der Waals surface area contributed by atoms with Crippen LogP contribution in [0.3, 0.4) is 0 Å². The van der Waals surface area contributed by atoms with Crippen molar-refractivity contribution in [2.75, 3.05) is 0 Å². The summed E-state index contributed by atoms with van der Waals surface area (Å²) in [5.41, 5.74) is 0. The Bertz CT molecular complexity index is 266. The number of hydroxylamine groups is 4. The molecule has 6 heteroatoms. The molecule has 0 aromatic carbocycles. The summed E-state index contributed by atoms with van der Waals surface area (Å²) >= 11 is 0. The van der Waals surface area contributed by atoms with Crippen molar-refractivity contribution in [1.82, 2.24) is 10.1 Å². The fraction of sp³-hybridized carbons (Fsp3) is 0.778. The molecule has 0 unspecified atom stereocenters. The lowest BCUT2D eigenvalue weighted by Gasteiger charge is -2.39. The van der Waals surface area contributed by atoms with Gasteiger partial charge in [0, 0.05) is 0 Å². The number of nitrogens with zero attached hydrogens (tertiary/aromatic N) is 2. The van der Waals surface area contributed by atoms with Crippen LogP contribution in [0.15, 0.2) is 0 Å². The van der Waals surface area contributed by atoms with Gasteiger partial charge in [-0.25, -0.2) is 10.1 Å². The summed E-state index contributed by atoms with van der Waals surface area (Å²) in [5, 5.41) is 20.0. The van der Waals surface area contributed by atoms with E-state index in [4.69, 9.17) is 0 Å². The van der Waals surface area contributed by atoms with Gasteiger partial charge >= 0.3 is 11.8 Å². The SMILES string of the molecule is O=C1C(=O)N(O)[C@H]2CCCCC[C@@H]2N1O. The Morgan fingerprint density at radius 3 is 1.67 bits per heavy atom. The molecule has 1 saturated heterocycles. The van der Waals surface area contributed by atoms with Crippen LogP contribution in [0.25, 0.3) is 0 Å². The van der Waals surface area contributed by atoms with E-state index in [0.29, 0.717) is 23.0 Å². The highest BCUT2D eigenvalue weighted by Gasteiger charge is 2.45. The quantitative estimate of drug-likeness (QED) is 0.444. The minimum atomic E-state index is -1.04. The normalized spacial score (nSPS) is 32.7. The molecular formula is C9H14N2O4. The van der Waals surface area contributed by atoms with Gasteiger partial charge in [0.1, 0.15) is 0 Å². The first-order chi connectivity index (χ1) is 7.13. The average molecular weight is 214 g/mol. The molecule has 2 N–H and O–H groups in total. The maximum absolute atomic E-state index is 11.2. The molecule has 0 radical (unpaired) electrons. The monoisotopic (exact) mass is 214 g/mol. The Morgan fingerprint density at radius 2 is 1.27 bits per heavy atom. The van der Waals surface area contributed by atoms with Gasteiger partial charge in [0.25, 0.3) is 0 Å². The van der Waals surface area contributed by atoms with Crippen molar-refractivity contribution in [3.8, 4) is 0 Å². The lowest BCUT2D eigenvalue weighted by Crippen LogP contribution is -2.62. The van der Waals surface area contributed by atoms with Gasteiger partial charge in [-0.3, -0.25) is 20.0 Å². The summed E-state index contributed by atoms with van der Waals surface area (Å²) in [5.74, 6) is -2.08. The molecule has 0 aromatic heterocycles. The van der Waals surface area contributed by atoms with Gasteiger partial charge in [0.2, 0.25) is 0 Å². The predicted octanol–water partition coefficient (Wildman–Crippen LogP) is 0.137. The molecule has 2 aliphatic rings. The number of fused-ring (bicyclic) bond motifs is 1. The molecule has 6 nitrogen and oxygen atoms in total. The van der Waals surface area contributed by atoms with Crippen LogP contribution in [0.5, 0.6) is 0 Å². The zero-order valence-corrected chi connectivity index (χ0v) is 8.30. The molecule has 0 bridgehead atoms. The zero-order chi connectivity index (χ0) is 11.0. The first-order valence-electron chi connectivity index (χ1n) is 5.17. The van der Waals surface area contributed by atoms with Crippen LogP contribution in [0.1, 0.15) is 32.1 Å². The molecule has 1 heterocycles. The molecule has 2 rings (SSSR count). The highest BCUT2D eigenvalue weighted by Crippen LogP contribution is 2.28. The van der Waals surface area contributed by atoms with Crippen LogP contribution in [-0.4, -0.2) is 44.4 Å². The van der Waals surface area contributed by atoms with E-state index in [1.807, 2.05) is 0 Å². The van der Waals surface area contributed by atoms with E-state index in [1.54, 1.807) is 0 Å². The van der Waals surface area contributed by atoms with E-state index >= 15 is 0 Å². The zero-order valence-electron chi connectivity index (χ0n) is 8.30. The molecule has 0 aromatic rings. The van der Waals surface area contributed by atoms with Gasteiger partial charge in [-0.1, -0.05) is 19.3 Å². The lowest BCUT2D eigenvalue weighted by molar-refractivity contribution is -0.233. The maximum Gasteiger partial charge on any atom is 0.337 e. The van der Waals surface area contributed by atoms with Crippen LogP contribution < -0.4 is 0 Å². The number of carbonyl (C=O) groups excluding carboxylic acids is 2. The molecule has 2 fully saturated rings. The van der Waals surface area contributed by atoms with Crippen molar-refractivity contribution in [3.63, 3.8) is 0 Å². The van der Waals surface area contributed by atoms with Gasteiger partial charge in [-0.2, -0.15) is 0 Å². The maximum atomic E-state index is 11.2. The number of hydrogen-bond donors (Lipinski definition) is 2. The van der Waals surface area contributed by atoms with E-state index in [1.165, 1.54) is 0 Å². The van der Waals surface area contributed by atoms with Gasteiger partial charge < -0.3 is 0 Å². The number of hydrogen-bond acceptors (Lipinski definition) is 4. The Labute approximate surface area is 87.0 Å². The van der Waals surface area contributed by atoms with Gasteiger partial charge in [-0.05, 0) is 12.8 Å². The Hall–Kier alpha value is -1.14. The van der Waals surface area contributed by atoms with E-state index < -0.39 is 23.9 Å². The summed E-state index contributed by atoms with van der Waals surface area (Å²) in [6.45, 7) is 0. The van der Waals surface area contributed by atoms with Crippen LogP contribution in [0.4, 0.5) is 0 Å². The second-order valence-electron chi connectivity index (χ2n) is 4.07. The number of carbonyl (C=O) groups is 2. The molecule has 1 saturated carbocycles. The van der Waals surface area contributed by atoms with Crippen LogP contribution >= 0.6 is 0 Å². The number of rotatable bonds is 0. The molecule has 1 aliphatic heterocycles. The lowest BCUT2D eigenvalue weighted by atomic mass is 9.99. The standard InChI is InChI=1S/C9H14N2O4/c12-8-9(13)11(15)7-5-3-1-2-4-6(7)10(8)14/h6-7,14-15H,1-5H2/t6-,7-/m0/s1. The molecule has 0 spiro atoms. The fourth-order valence-electron chi connectivity index (χ4n) is 2.34. The van der Waals surface area contributed by atoms with E-state index in [2.05, 4.69) is 0 Å². The first-order valence-corrected chi connectivity index (χ1v) is 5.17. The third-order valence-corrected chi connectivity index (χ3v) is 3.17. The third kappa shape index (κ3) is 1.59. The van der Waals surface area contributed by atoms with E-state index in [-0.39, 0.29) is 0 Å². The highest BCUT2D eigenvalue weighted by molar-refractivity contribution is 6.34. The molecule has 2 amide bonds. The summed E-state index contributed by atoms with van der Waals surface area (Å²) in [6.07, 6.45) is 4.03. The van der Waals surface area contributed by atoms with E-state index in [0.717, 1.165) is 19.3 Å². The van der Waals surface area contributed by atoms with Crippen molar-refractivity contribution in [2.24, 2.45) is 0 Å².